The van der Waals surface area contributed by atoms with Crippen LogP contribution in [0, 0.1) is 10.1 Å². The molecule has 0 fully saturated rings. The van der Waals surface area contributed by atoms with Gasteiger partial charge in [0.2, 0.25) is 0 Å². The van der Waals surface area contributed by atoms with Crippen LogP contribution in [0.5, 0.6) is 17.2 Å². The summed E-state index contributed by atoms with van der Waals surface area (Å²) in [6, 6.07) is 16.4. The fraction of sp³-hybridized carbons (Fsp3) is 0.167. The van der Waals surface area contributed by atoms with Crippen molar-refractivity contribution in [3.63, 3.8) is 0 Å². The molecule has 3 aromatic rings. The normalized spacial score (nSPS) is 10.7. The Kier molecular flexibility index (Phi) is 8.58. The highest BCUT2D eigenvalue weighted by Crippen LogP contribution is 2.28. The lowest BCUT2D eigenvalue weighted by Gasteiger charge is -2.10. The molecule has 9 nitrogen and oxygen atoms in total. The molecular formula is C24H22BrN3O6. The minimum Gasteiger partial charge on any atom is -0.493 e. The van der Waals surface area contributed by atoms with Crippen molar-refractivity contribution in [3.05, 3.63) is 91.9 Å². The minimum atomic E-state index is -0.446. The fourth-order valence-corrected chi connectivity index (χ4v) is 3.41. The van der Waals surface area contributed by atoms with Crippen LogP contribution in [-0.4, -0.2) is 30.8 Å². The molecule has 1 amide bonds. The number of ether oxygens (including phenoxy) is 3. The molecule has 0 aliphatic rings. The van der Waals surface area contributed by atoms with Gasteiger partial charge in [-0.3, -0.25) is 14.9 Å². The Morgan fingerprint density at radius 3 is 2.44 bits per heavy atom. The maximum atomic E-state index is 12.4. The lowest BCUT2D eigenvalue weighted by Crippen LogP contribution is -2.17. The van der Waals surface area contributed by atoms with Crippen LogP contribution in [0.15, 0.2) is 70.2 Å². The average molecular weight is 528 g/mol. The van der Waals surface area contributed by atoms with Gasteiger partial charge in [0, 0.05) is 17.7 Å². The molecule has 3 rings (SSSR count). The first-order chi connectivity index (χ1) is 16.4. The van der Waals surface area contributed by atoms with Crippen LogP contribution in [0.3, 0.4) is 0 Å². The van der Waals surface area contributed by atoms with Crippen LogP contribution in [0.4, 0.5) is 5.69 Å². The predicted molar refractivity (Wildman–Crippen MR) is 131 cm³/mol. The summed E-state index contributed by atoms with van der Waals surface area (Å²) in [7, 11) is 1.51. The molecule has 0 heterocycles. The Hall–Kier alpha value is -3.92. The van der Waals surface area contributed by atoms with Gasteiger partial charge in [-0.05, 0) is 82.5 Å². The van der Waals surface area contributed by atoms with Crippen molar-refractivity contribution in [2.45, 2.75) is 13.5 Å². The molecule has 34 heavy (non-hydrogen) atoms. The van der Waals surface area contributed by atoms with Gasteiger partial charge >= 0.3 is 0 Å². The number of nitro benzene ring substituents is 1. The number of nitrogens with one attached hydrogen (secondary N) is 1. The maximum Gasteiger partial charge on any atom is 0.271 e. The van der Waals surface area contributed by atoms with Crippen LogP contribution < -0.4 is 19.6 Å². The molecule has 0 aliphatic carbocycles. The molecule has 0 saturated carbocycles. The first-order valence-corrected chi connectivity index (χ1v) is 11.0. The SMILES string of the molecule is CCOc1ccc(C(=O)N/N=C/c2ccc(OCc3ccc([N+](=O)[O-])cc3)c(Br)c2)cc1OC. The number of hydrazone groups is 1. The Labute approximate surface area is 204 Å². The summed E-state index contributed by atoms with van der Waals surface area (Å²) in [6.07, 6.45) is 1.51. The first-order valence-electron chi connectivity index (χ1n) is 10.2. The van der Waals surface area contributed by atoms with Crippen molar-refractivity contribution < 1.29 is 23.9 Å². The zero-order chi connectivity index (χ0) is 24.5. The van der Waals surface area contributed by atoms with Crippen LogP contribution in [0.2, 0.25) is 0 Å². The molecule has 0 spiro atoms. The zero-order valence-electron chi connectivity index (χ0n) is 18.5. The number of amides is 1. The van der Waals surface area contributed by atoms with E-state index in [1.165, 1.54) is 25.5 Å². The van der Waals surface area contributed by atoms with E-state index >= 15 is 0 Å². The summed E-state index contributed by atoms with van der Waals surface area (Å²) in [4.78, 5) is 22.7. The van der Waals surface area contributed by atoms with Crippen molar-refractivity contribution in [3.8, 4) is 17.2 Å². The molecule has 0 aromatic heterocycles. The summed E-state index contributed by atoms with van der Waals surface area (Å²) < 4.78 is 17.2. The van der Waals surface area contributed by atoms with Crippen LogP contribution in [0.25, 0.3) is 0 Å². The van der Waals surface area contributed by atoms with Gasteiger partial charge in [-0.1, -0.05) is 0 Å². The molecule has 0 bridgehead atoms. The summed E-state index contributed by atoms with van der Waals surface area (Å²) in [5.74, 6) is 1.23. The Morgan fingerprint density at radius 1 is 1.06 bits per heavy atom. The molecule has 3 aromatic carbocycles. The lowest BCUT2D eigenvalue weighted by molar-refractivity contribution is -0.384. The zero-order valence-corrected chi connectivity index (χ0v) is 20.1. The number of hydrogen-bond donors (Lipinski definition) is 1. The van der Waals surface area contributed by atoms with Crippen LogP contribution in [0.1, 0.15) is 28.4 Å². The standard InChI is InChI=1S/C24H22BrN3O6/c1-3-33-22-11-7-18(13-23(22)32-2)24(29)27-26-14-17-6-10-21(20(25)12-17)34-15-16-4-8-19(9-5-16)28(30)31/h4-14H,3,15H2,1-2H3,(H,27,29)/b26-14+. The molecule has 0 radical (unpaired) electrons. The third-order valence-corrected chi connectivity index (χ3v) is 5.22. The van der Waals surface area contributed by atoms with E-state index in [0.29, 0.717) is 33.9 Å². The number of halogens is 1. The highest BCUT2D eigenvalue weighted by atomic mass is 79.9. The van der Waals surface area contributed by atoms with Crippen molar-refractivity contribution in [2.75, 3.05) is 13.7 Å². The third-order valence-electron chi connectivity index (χ3n) is 4.60. The topological polar surface area (TPSA) is 112 Å². The van der Waals surface area contributed by atoms with E-state index in [1.54, 1.807) is 48.5 Å². The predicted octanol–water partition coefficient (Wildman–Crippen LogP) is 5.11. The van der Waals surface area contributed by atoms with E-state index in [4.69, 9.17) is 14.2 Å². The van der Waals surface area contributed by atoms with Gasteiger partial charge in [-0.15, -0.1) is 0 Å². The number of nitrogens with zero attached hydrogens (tertiary/aromatic N) is 2. The molecule has 0 unspecified atom stereocenters. The second-order valence-corrected chi connectivity index (χ2v) is 7.75. The third kappa shape index (κ3) is 6.55. The van der Waals surface area contributed by atoms with Crippen molar-refractivity contribution in [1.82, 2.24) is 5.43 Å². The van der Waals surface area contributed by atoms with E-state index in [9.17, 15) is 14.9 Å². The first kappa shape index (κ1) is 24.7. The molecule has 10 heteroatoms. The monoisotopic (exact) mass is 527 g/mol. The summed E-state index contributed by atoms with van der Waals surface area (Å²) >= 11 is 3.46. The Balaban J connectivity index is 1.57. The van der Waals surface area contributed by atoms with Crippen LogP contribution in [-0.2, 0) is 6.61 Å². The van der Waals surface area contributed by atoms with Gasteiger partial charge in [0.25, 0.3) is 11.6 Å². The summed E-state index contributed by atoms with van der Waals surface area (Å²) in [6.45, 7) is 2.61. The fourth-order valence-electron chi connectivity index (χ4n) is 2.90. The van der Waals surface area contributed by atoms with Crippen molar-refractivity contribution in [1.29, 1.82) is 0 Å². The molecule has 1 N–H and O–H groups in total. The second-order valence-electron chi connectivity index (χ2n) is 6.90. The van der Waals surface area contributed by atoms with E-state index in [-0.39, 0.29) is 18.2 Å². The largest absolute Gasteiger partial charge is 0.493 e. The van der Waals surface area contributed by atoms with Crippen LogP contribution >= 0.6 is 15.9 Å². The average Bonchev–Trinajstić information content (AvgIpc) is 2.84. The maximum absolute atomic E-state index is 12.4. The minimum absolute atomic E-state index is 0.0299. The lowest BCUT2D eigenvalue weighted by atomic mass is 10.2. The van der Waals surface area contributed by atoms with E-state index < -0.39 is 4.92 Å². The van der Waals surface area contributed by atoms with Crippen molar-refractivity contribution in [2.24, 2.45) is 5.10 Å². The van der Waals surface area contributed by atoms with Crippen molar-refractivity contribution >= 4 is 33.7 Å². The molecule has 0 atom stereocenters. The number of rotatable bonds is 10. The molecular weight excluding hydrogens is 506 g/mol. The highest BCUT2D eigenvalue weighted by molar-refractivity contribution is 9.10. The molecule has 0 aliphatic heterocycles. The Bertz CT molecular complexity index is 1200. The van der Waals surface area contributed by atoms with Gasteiger partial charge in [-0.25, -0.2) is 5.43 Å². The number of methoxy groups -OCH3 is 1. The molecule has 176 valence electrons. The van der Waals surface area contributed by atoms with Gasteiger partial charge < -0.3 is 14.2 Å². The Morgan fingerprint density at radius 2 is 1.79 bits per heavy atom. The number of carbonyl (C=O) groups excluding carboxylic acids is 1. The van der Waals surface area contributed by atoms with E-state index in [2.05, 4.69) is 26.5 Å². The summed E-state index contributed by atoms with van der Waals surface area (Å²) in [5, 5.41) is 14.7. The van der Waals surface area contributed by atoms with E-state index in [0.717, 1.165) is 11.1 Å². The second kappa shape index (κ2) is 11.8. The quantitative estimate of drug-likeness (QED) is 0.223. The number of benzene rings is 3. The summed E-state index contributed by atoms with van der Waals surface area (Å²) in [5.41, 5.74) is 4.43. The number of non-ortho nitro benzene ring substituents is 1. The number of hydrogen-bond acceptors (Lipinski definition) is 7. The smallest absolute Gasteiger partial charge is 0.271 e. The highest BCUT2D eigenvalue weighted by Gasteiger charge is 2.11. The number of carbonyl (C=O) groups is 1. The van der Waals surface area contributed by atoms with Gasteiger partial charge in [-0.2, -0.15) is 5.10 Å². The number of nitro groups is 1. The van der Waals surface area contributed by atoms with E-state index in [1.807, 2.05) is 6.92 Å². The molecule has 0 saturated heterocycles. The van der Waals surface area contributed by atoms with Gasteiger partial charge in [0.1, 0.15) is 12.4 Å². The van der Waals surface area contributed by atoms with Gasteiger partial charge in [0.05, 0.1) is 29.3 Å². The van der Waals surface area contributed by atoms with Gasteiger partial charge in [0.15, 0.2) is 11.5 Å².